The van der Waals surface area contributed by atoms with Crippen LogP contribution in [0.4, 0.5) is 11.4 Å². The smallest absolute Gasteiger partial charge is 0.363 e. The summed E-state index contributed by atoms with van der Waals surface area (Å²) >= 11 is 0. The highest BCUT2D eigenvalue weighted by Crippen LogP contribution is 2.49. The summed E-state index contributed by atoms with van der Waals surface area (Å²) in [6.45, 7) is 1.89. The molecular formula is C17H14N2O4. The summed E-state index contributed by atoms with van der Waals surface area (Å²) in [5.74, 6) is -0.282. The first kappa shape index (κ1) is 13.6. The molecule has 2 heterocycles. The van der Waals surface area contributed by atoms with Crippen molar-refractivity contribution in [2.75, 3.05) is 11.9 Å². The molecule has 116 valence electrons. The maximum atomic E-state index is 11.3. The van der Waals surface area contributed by atoms with Crippen LogP contribution in [0, 0.1) is 10.1 Å². The lowest BCUT2D eigenvalue weighted by Gasteiger charge is -2.38. The van der Waals surface area contributed by atoms with Gasteiger partial charge in [0, 0.05) is 24.3 Å². The van der Waals surface area contributed by atoms with Gasteiger partial charge in [-0.3, -0.25) is 15.0 Å². The van der Waals surface area contributed by atoms with E-state index in [1.54, 1.807) is 12.1 Å². The number of rotatable bonds is 1. The normalized spacial score (nSPS) is 21.1. The highest BCUT2D eigenvalue weighted by Gasteiger charge is 2.51. The van der Waals surface area contributed by atoms with Gasteiger partial charge in [0.05, 0.1) is 10.6 Å². The van der Waals surface area contributed by atoms with Gasteiger partial charge in [-0.2, -0.15) is 0 Å². The molecule has 1 spiro atoms. The Morgan fingerprint density at radius 3 is 2.65 bits per heavy atom. The highest BCUT2D eigenvalue weighted by molar-refractivity contribution is 5.73. The van der Waals surface area contributed by atoms with E-state index >= 15 is 0 Å². The van der Waals surface area contributed by atoms with E-state index in [-0.39, 0.29) is 11.4 Å². The molecule has 2 aliphatic rings. The van der Waals surface area contributed by atoms with Crippen molar-refractivity contribution in [3.05, 3.63) is 63.7 Å². The highest BCUT2D eigenvalue weighted by atomic mass is 16.7. The molecule has 2 aromatic carbocycles. The van der Waals surface area contributed by atoms with Crippen LogP contribution in [0.2, 0.25) is 0 Å². The van der Waals surface area contributed by atoms with Gasteiger partial charge in [0.15, 0.2) is 0 Å². The molecule has 0 amide bonds. The number of anilines is 1. The Balaban J connectivity index is 1.88. The van der Waals surface area contributed by atoms with E-state index in [1.165, 1.54) is 6.07 Å². The molecule has 4 rings (SSSR count). The van der Waals surface area contributed by atoms with E-state index in [2.05, 4.69) is 0 Å². The summed E-state index contributed by atoms with van der Waals surface area (Å²) in [6.07, 6.45) is 1.87. The number of hydrogen-bond donors (Lipinski definition) is 0. The lowest BCUT2D eigenvalue weighted by molar-refractivity contribution is -0.386. The first-order chi connectivity index (χ1) is 11.0. The number of para-hydroxylation sites is 3. The predicted molar refractivity (Wildman–Crippen MR) is 85.6 cm³/mol. The molecule has 1 atom stereocenters. The number of benzene rings is 2. The third kappa shape index (κ3) is 1.75. The minimum Gasteiger partial charge on any atom is -0.429 e. The van der Waals surface area contributed by atoms with E-state index < -0.39 is 10.8 Å². The molecule has 0 saturated heterocycles. The Hall–Kier alpha value is -3.02. The zero-order valence-electron chi connectivity index (χ0n) is 12.6. The van der Waals surface area contributed by atoms with Gasteiger partial charge in [-0.1, -0.05) is 24.3 Å². The van der Waals surface area contributed by atoms with Crippen LogP contribution in [-0.2, 0) is 0 Å². The van der Waals surface area contributed by atoms with Gasteiger partial charge in [-0.15, -0.1) is 0 Å². The first-order valence-corrected chi connectivity index (χ1v) is 7.20. The molecule has 0 aromatic heterocycles. The molecular weight excluding hydrogens is 296 g/mol. The lowest BCUT2D eigenvalue weighted by Crippen LogP contribution is -2.54. The molecule has 0 radical (unpaired) electrons. The van der Waals surface area contributed by atoms with Crippen LogP contribution in [0.5, 0.6) is 11.5 Å². The Bertz CT molecular complexity index is 861. The Kier molecular flexibility index (Phi) is 2.66. The second kappa shape index (κ2) is 4.49. The second-order valence-corrected chi connectivity index (χ2v) is 5.59. The van der Waals surface area contributed by atoms with Crippen LogP contribution in [-0.4, -0.2) is 17.9 Å². The average Bonchev–Trinajstić information content (AvgIpc) is 2.82. The summed E-state index contributed by atoms with van der Waals surface area (Å²) in [5, 5.41) is 11.3. The van der Waals surface area contributed by atoms with E-state index in [0.29, 0.717) is 11.3 Å². The molecule has 6 nitrogen and oxygen atoms in total. The van der Waals surface area contributed by atoms with Gasteiger partial charge in [0.1, 0.15) is 5.75 Å². The summed E-state index contributed by atoms with van der Waals surface area (Å²) in [6, 6.07) is 12.4. The zero-order valence-corrected chi connectivity index (χ0v) is 12.6. The van der Waals surface area contributed by atoms with Gasteiger partial charge in [-0.05, 0) is 25.1 Å². The minimum atomic E-state index is -1.19. The molecule has 23 heavy (non-hydrogen) atoms. The van der Waals surface area contributed by atoms with Crippen molar-refractivity contribution in [1.29, 1.82) is 0 Å². The Labute approximate surface area is 132 Å². The third-order valence-corrected chi connectivity index (χ3v) is 4.25. The summed E-state index contributed by atoms with van der Waals surface area (Å²) in [4.78, 5) is 12.7. The van der Waals surface area contributed by atoms with Crippen molar-refractivity contribution < 1.29 is 14.4 Å². The number of nitrogens with zero attached hydrogens (tertiary/aromatic N) is 2. The summed E-state index contributed by atoms with van der Waals surface area (Å²) < 4.78 is 12.1. The maximum Gasteiger partial charge on any atom is 0.363 e. The van der Waals surface area contributed by atoms with Crippen molar-refractivity contribution in [3.63, 3.8) is 0 Å². The van der Waals surface area contributed by atoms with Crippen molar-refractivity contribution in [2.45, 2.75) is 12.8 Å². The van der Waals surface area contributed by atoms with Crippen molar-refractivity contribution in [1.82, 2.24) is 0 Å². The minimum absolute atomic E-state index is 0.0708. The fraction of sp³-hybridized carbons (Fsp3) is 0.176. The van der Waals surface area contributed by atoms with Gasteiger partial charge in [0.25, 0.3) is 0 Å². The molecule has 0 aliphatic carbocycles. The van der Waals surface area contributed by atoms with Crippen LogP contribution in [0.25, 0.3) is 6.08 Å². The zero-order chi connectivity index (χ0) is 16.2. The molecule has 2 aromatic rings. The third-order valence-electron chi connectivity index (χ3n) is 4.25. The van der Waals surface area contributed by atoms with Crippen LogP contribution >= 0.6 is 0 Å². The van der Waals surface area contributed by atoms with Crippen molar-refractivity contribution >= 4 is 17.5 Å². The Morgan fingerprint density at radius 1 is 1.13 bits per heavy atom. The van der Waals surface area contributed by atoms with Crippen molar-refractivity contribution in [3.8, 4) is 11.5 Å². The number of nitro groups is 1. The summed E-state index contributed by atoms with van der Waals surface area (Å²) in [7, 11) is 1.85. The number of nitro benzene ring substituents is 1. The van der Waals surface area contributed by atoms with Crippen LogP contribution < -0.4 is 14.4 Å². The predicted octanol–water partition coefficient (Wildman–Crippen LogP) is 3.57. The van der Waals surface area contributed by atoms with Crippen LogP contribution in [0.3, 0.4) is 0 Å². The number of hydrogen-bond acceptors (Lipinski definition) is 5. The molecule has 0 fully saturated rings. The van der Waals surface area contributed by atoms with Gasteiger partial charge < -0.3 is 9.47 Å². The quantitative estimate of drug-likeness (QED) is 0.595. The van der Waals surface area contributed by atoms with E-state index in [0.717, 1.165) is 11.3 Å². The molecule has 0 saturated carbocycles. The fourth-order valence-corrected chi connectivity index (χ4v) is 3.09. The topological polar surface area (TPSA) is 64.8 Å². The molecule has 1 unspecified atom stereocenters. The van der Waals surface area contributed by atoms with Gasteiger partial charge in [0.2, 0.25) is 5.75 Å². The maximum absolute atomic E-state index is 11.3. The number of fused-ring (bicyclic) bond motifs is 2. The fourth-order valence-electron chi connectivity index (χ4n) is 3.09. The molecule has 2 aliphatic heterocycles. The van der Waals surface area contributed by atoms with E-state index in [9.17, 15) is 10.1 Å². The monoisotopic (exact) mass is 310 g/mol. The number of likely N-dealkylation sites (N-methyl/N-ethyl adjacent to an activating group) is 1. The van der Waals surface area contributed by atoms with Crippen LogP contribution in [0.1, 0.15) is 12.5 Å². The second-order valence-electron chi connectivity index (χ2n) is 5.59. The SMILES string of the molecule is CC1=Cc2cccc([N+](=O)[O-])c2OC12Oc1ccccc1N2C. The summed E-state index contributed by atoms with van der Waals surface area (Å²) in [5.41, 5.74) is 2.31. The lowest BCUT2D eigenvalue weighted by atomic mass is 10.0. The standard InChI is InChI=1S/C17H14N2O4/c1-11-10-12-6-5-8-14(19(20)21)16(12)23-17(11)18(2)13-7-3-4-9-15(13)22-17/h3-10H,1-2H3. The first-order valence-electron chi connectivity index (χ1n) is 7.20. The number of ether oxygens (including phenoxy) is 2. The molecule has 0 N–H and O–H groups in total. The van der Waals surface area contributed by atoms with Gasteiger partial charge in [-0.25, -0.2) is 0 Å². The van der Waals surface area contributed by atoms with Gasteiger partial charge >= 0.3 is 11.6 Å². The van der Waals surface area contributed by atoms with Crippen molar-refractivity contribution in [2.24, 2.45) is 0 Å². The average molecular weight is 310 g/mol. The molecule has 0 bridgehead atoms. The molecule has 6 heteroatoms. The van der Waals surface area contributed by atoms with E-state index in [4.69, 9.17) is 9.47 Å². The largest absolute Gasteiger partial charge is 0.429 e. The Morgan fingerprint density at radius 2 is 1.91 bits per heavy atom. The van der Waals surface area contributed by atoms with E-state index in [1.807, 2.05) is 49.2 Å². The van der Waals surface area contributed by atoms with Crippen LogP contribution in [0.15, 0.2) is 48.0 Å².